The molecule has 0 radical (unpaired) electrons. The van der Waals surface area contributed by atoms with Gasteiger partial charge in [-0.25, -0.2) is 4.79 Å². The second-order valence-corrected chi connectivity index (χ2v) is 3.25. The fourth-order valence-corrected chi connectivity index (χ4v) is 1.15. The molecule has 1 amide bonds. The van der Waals surface area contributed by atoms with Crippen LogP contribution in [0.3, 0.4) is 0 Å². The van der Waals surface area contributed by atoms with E-state index in [0.717, 1.165) is 0 Å². The van der Waals surface area contributed by atoms with Crippen molar-refractivity contribution in [2.75, 3.05) is 13.2 Å². The molecule has 0 spiro atoms. The van der Waals surface area contributed by atoms with Gasteiger partial charge in [0.15, 0.2) is 0 Å². The molecule has 0 aliphatic carbocycles. The highest BCUT2D eigenvalue weighted by Gasteiger charge is 2.09. The van der Waals surface area contributed by atoms with Crippen molar-refractivity contribution in [2.24, 2.45) is 0 Å². The van der Waals surface area contributed by atoms with Crippen LogP contribution in [0.25, 0.3) is 0 Å². The predicted octanol–water partition coefficient (Wildman–Crippen LogP) is 0.920. The number of carbonyl (C=O) groups is 2. The number of carboxylic acids is 1. The Morgan fingerprint density at radius 2 is 2.06 bits per heavy atom. The minimum Gasteiger partial charge on any atom is -0.490 e. The third kappa shape index (κ3) is 3.78. The lowest BCUT2D eigenvalue weighted by molar-refractivity contribution is -0.150. The van der Waals surface area contributed by atoms with Crippen LogP contribution in [0.2, 0.25) is 5.02 Å². The number of benzene rings is 1. The maximum Gasteiger partial charge on any atom is 0.394 e. The summed E-state index contributed by atoms with van der Waals surface area (Å²) in [5.74, 6) is -2.07. The van der Waals surface area contributed by atoms with Gasteiger partial charge in [-0.1, -0.05) is 23.7 Å². The number of para-hydroxylation sites is 1. The maximum absolute atomic E-state index is 10.6. The molecule has 0 unspecified atom stereocenters. The molecule has 0 aliphatic rings. The number of rotatable bonds is 4. The summed E-state index contributed by atoms with van der Waals surface area (Å²) < 4.78 is 5.23. The van der Waals surface area contributed by atoms with Gasteiger partial charge >= 0.3 is 11.9 Å². The summed E-state index contributed by atoms with van der Waals surface area (Å²) in [5.41, 5.74) is 0. The zero-order valence-corrected chi connectivity index (χ0v) is 9.03. The van der Waals surface area contributed by atoms with Gasteiger partial charge in [-0.2, -0.15) is 0 Å². The van der Waals surface area contributed by atoms with Crippen LogP contribution in [0.1, 0.15) is 0 Å². The Morgan fingerprint density at radius 1 is 1.38 bits per heavy atom. The second-order valence-electron chi connectivity index (χ2n) is 2.84. The SMILES string of the molecule is O=C(O)C(=O)NCCOc1ccccc1Cl. The average molecular weight is 244 g/mol. The molecule has 16 heavy (non-hydrogen) atoms. The molecule has 1 rings (SSSR count). The average Bonchev–Trinajstić information content (AvgIpc) is 2.26. The van der Waals surface area contributed by atoms with Crippen molar-refractivity contribution in [1.82, 2.24) is 5.32 Å². The molecule has 1 aromatic carbocycles. The molecule has 86 valence electrons. The summed E-state index contributed by atoms with van der Waals surface area (Å²) in [4.78, 5) is 20.8. The monoisotopic (exact) mass is 243 g/mol. The lowest BCUT2D eigenvalue weighted by atomic mass is 10.3. The molecular formula is C10H10ClNO4. The van der Waals surface area contributed by atoms with Crippen LogP contribution in [0.4, 0.5) is 0 Å². The van der Waals surface area contributed by atoms with Gasteiger partial charge in [-0.3, -0.25) is 4.79 Å². The van der Waals surface area contributed by atoms with E-state index in [2.05, 4.69) is 5.32 Å². The van der Waals surface area contributed by atoms with Crippen molar-refractivity contribution in [3.8, 4) is 5.75 Å². The van der Waals surface area contributed by atoms with Gasteiger partial charge in [0.1, 0.15) is 12.4 Å². The van der Waals surface area contributed by atoms with Crippen molar-refractivity contribution >= 4 is 23.5 Å². The number of carboxylic acid groups (broad SMARTS) is 1. The lowest BCUT2D eigenvalue weighted by Crippen LogP contribution is -2.33. The molecule has 0 aromatic heterocycles. The number of carbonyl (C=O) groups excluding carboxylic acids is 1. The van der Waals surface area contributed by atoms with Gasteiger partial charge in [0.2, 0.25) is 0 Å². The number of hydrogen-bond donors (Lipinski definition) is 2. The Balaban J connectivity index is 2.29. The fraction of sp³-hybridized carbons (Fsp3) is 0.200. The lowest BCUT2D eigenvalue weighted by Gasteiger charge is -2.07. The smallest absolute Gasteiger partial charge is 0.394 e. The summed E-state index contributed by atoms with van der Waals surface area (Å²) in [6, 6.07) is 6.88. The van der Waals surface area contributed by atoms with Crippen molar-refractivity contribution in [1.29, 1.82) is 0 Å². The van der Waals surface area contributed by atoms with Crippen molar-refractivity contribution in [2.45, 2.75) is 0 Å². The summed E-state index contributed by atoms with van der Waals surface area (Å²) >= 11 is 5.81. The molecule has 0 bridgehead atoms. The number of aliphatic carboxylic acids is 1. The van der Waals surface area contributed by atoms with Crippen LogP contribution in [0.15, 0.2) is 24.3 Å². The molecule has 2 N–H and O–H groups in total. The van der Waals surface area contributed by atoms with Gasteiger partial charge < -0.3 is 15.2 Å². The van der Waals surface area contributed by atoms with Gasteiger partial charge in [0.25, 0.3) is 0 Å². The van der Waals surface area contributed by atoms with E-state index in [9.17, 15) is 9.59 Å². The topological polar surface area (TPSA) is 75.6 Å². The molecule has 0 saturated carbocycles. The molecule has 0 heterocycles. The quantitative estimate of drug-likeness (QED) is 0.609. The van der Waals surface area contributed by atoms with Crippen LogP contribution in [0, 0.1) is 0 Å². The highest BCUT2D eigenvalue weighted by atomic mass is 35.5. The highest BCUT2D eigenvalue weighted by Crippen LogP contribution is 2.22. The van der Waals surface area contributed by atoms with E-state index in [0.29, 0.717) is 10.8 Å². The van der Waals surface area contributed by atoms with E-state index in [1.54, 1.807) is 24.3 Å². The summed E-state index contributed by atoms with van der Waals surface area (Å²) in [6.07, 6.45) is 0. The minimum atomic E-state index is -1.52. The maximum atomic E-state index is 10.6. The first-order chi connectivity index (χ1) is 7.61. The first-order valence-corrected chi connectivity index (χ1v) is 4.87. The van der Waals surface area contributed by atoms with E-state index < -0.39 is 11.9 Å². The van der Waals surface area contributed by atoms with Crippen LogP contribution in [-0.2, 0) is 9.59 Å². The number of nitrogens with one attached hydrogen (secondary N) is 1. The van der Waals surface area contributed by atoms with Crippen molar-refractivity contribution in [3.63, 3.8) is 0 Å². The van der Waals surface area contributed by atoms with Gasteiger partial charge in [0.05, 0.1) is 11.6 Å². The Labute approximate surface area is 97.0 Å². The zero-order chi connectivity index (χ0) is 12.0. The molecule has 0 fully saturated rings. The molecule has 5 nitrogen and oxygen atoms in total. The van der Waals surface area contributed by atoms with E-state index in [1.165, 1.54) is 0 Å². The van der Waals surface area contributed by atoms with Crippen molar-refractivity contribution in [3.05, 3.63) is 29.3 Å². The van der Waals surface area contributed by atoms with Crippen molar-refractivity contribution < 1.29 is 19.4 Å². The number of halogens is 1. The van der Waals surface area contributed by atoms with Crippen LogP contribution in [0.5, 0.6) is 5.75 Å². The minimum absolute atomic E-state index is 0.107. The highest BCUT2D eigenvalue weighted by molar-refractivity contribution is 6.32. The van der Waals surface area contributed by atoms with E-state index >= 15 is 0 Å². The van der Waals surface area contributed by atoms with Gasteiger partial charge in [-0.05, 0) is 12.1 Å². The van der Waals surface area contributed by atoms with E-state index in [-0.39, 0.29) is 13.2 Å². The fourth-order valence-electron chi connectivity index (χ4n) is 0.963. The Kier molecular flexibility index (Phi) is 4.60. The number of amides is 1. The van der Waals surface area contributed by atoms with Gasteiger partial charge in [0, 0.05) is 0 Å². The predicted molar refractivity (Wildman–Crippen MR) is 57.6 cm³/mol. The van der Waals surface area contributed by atoms with Gasteiger partial charge in [-0.15, -0.1) is 0 Å². The summed E-state index contributed by atoms with van der Waals surface area (Å²) in [7, 11) is 0. The third-order valence-corrected chi connectivity index (χ3v) is 1.99. The van der Waals surface area contributed by atoms with Crippen LogP contribution in [-0.4, -0.2) is 30.1 Å². The second kappa shape index (κ2) is 5.97. The Hall–Kier alpha value is -1.75. The summed E-state index contributed by atoms with van der Waals surface area (Å²) in [6.45, 7) is 0.263. The molecule has 0 aliphatic heterocycles. The van der Waals surface area contributed by atoms with Crippen LogP contribution >= 0.6 is 11.6 Å². The normalized spacial score (nSPS) is 9.56. The Bertz CT molecular complexity index is 394. The molecule has 0 saturated heterocycles. The number of hydrogen-bond acceptors (Lipinski definition) is 3. The first kappa shape index (κ1) is 12.3. The molecule has 6 heteroatoms. The first-order valence-electron chi connectivity index (χ1n) is 4.49. The Morgan fingerprint density at radius 3 is 2.69 bits per heavy atom. The largest absolute Gasteiger partial charge is 0.490 e. The number of ether oxygens (including phenoxy) is 1. The molecule has 0 atom stereocenters. The van der Waals surface area contributed by atoms with E-state index in [4.69, 9.17) is 21.4 Å². The zero-order valence-electron chi connectivity index (χ0n) is 8.27. The summed E-state index contributed by atoms with van der Waals surface area (Å²) in [5, 5.41) is 10.9. The third-order valence-electron chi connectivity index (χ3n) is 1.68. The standard InChI is InChI=1S/C10H10ClNO4/c11-7-3-1-2-4-8(7)16-6-5-12-9(13)10(14)15/h1-4H,5-6H2,(H,12,13)(H,14,15). The molecular weight excluding hydrogens is 234 g/mol. The van der Waals surface area contributed by atoms with E-state index in [1.807, 2.05) is 0 Å². The molecule has 1 aromatic rings. The van der Waals surface area contributed by atoms with Crippen LogP contribution < -0.4 is 10.1 Å².